The van der Waals surface area contributed by atoms with Crippen LogP contribution in [0.25, 0.3) is 0 Å². The van der Waals surface area contributed by atoms with E-state index in [1.165, 1.54) is 5.56 Å². The largest absolute Gasteiger partial charge is 0.464 e. The Morgan fingerprint density at radius 1 is 1.13 bits per heavy atom. The average molecular weight is 412 g/mol. The Morgan fingerprint density at radius 2 is 1.90 bits per heavy atom. The third-order valence-electron chi connectivity index (χ3n) is 5.37. The first-order chi connectivity index (χ1) is 14.6. The number of benzene rings is 1. The van der Waals surface area contributed by atoms with Crippen LogP contribution >= 0.6 is 0 Å². The minimum atomic E-state index is -0.129. The number of aryl methyl sites for hydroxylation is 1. The minimum Gasteiger partial charge on any atom is -0.464 e. The van der Waals surface area contributed by atoms with E-state index in [9.17, 15) is 9.59 Å². The van der Waals surface area contributed by atoms with Crippen molar-refractivity contribution < 1.29 is 14.0 Å². The summed E-state index contributed by atoms with van der Waals surface area (Å²) in [5, 5.41) is 2.96. The highest BCUT2D eigenvalue weighted by molar-refractivity contribution is 5.84. The van der Waals surface area contributed by atoms with Gasteiger partial charge in [-0.3, -0.25) is 4.79 Å². The molecule has 3 rings (SSSR count). The predicted octanol–water partition coefficient (Wildman–Crippen LogP) is 4.13. The van der Waals surface area contributed by atoms with Gasteiger partial charge in [0, 0.05) is 19.1 Å². The number of nitrogens with one attached hydrogen (secondary N) is 1. The molecule has 1 saturated carbocycles. The smallest absolute Gasteiger partial charge is 0.318 e. The molecule has 162 valence electrons. The molecule has 1 heterocycles. The highest BCUT2D eigenvalue weighted by atomic mass is 16.3. The summed E-state index contributed by atoms with van der Waals surface area (Å²) in [6.45, 7) is 5.74. The summed E-state index contributed by atoms with van der Waals surface area (Å²) in [6.07, 6.45) is 4.67. The molecule has 0 aliphatic heterocycles. The van der Waals surface area contributed by atoms with Gasteiger partial charge in [0.15, 0.2) is 0 Å². The number of nitrogens with zero attached hydrogens (tertiary/aromatic N) is 2. The maximum absolute atomic E-state index is 13.2. The summed E-state index contributed by atoms with van der Waals surface area (Å²) in [4.78, 5) is 29.4. The van der Waals surface area contributed by atoms with Crippen molar-refractivity contribution >= 4 is 11.9 Å². The fourth-order valence-electron chi connectivity index (χ4n) is 3.43. The molecule has 6 heteroatoms. The van der Waals surface area contributed by atoms with Crippen LogP contribution in [0.3, 0.4) is 0 Å². The lowest BCUT2D eigenvalue weighted by Crippen LogP contribution is -2.48. The molecule has 0 bridgehead atoms. The molecule has 30 heavy (non-hydrogen) atoms. The third-order valence-corrected chi connectivity index (χ3v) is 5.37. The Bertz CT molecular complexity index is 814. The van der Waals surface area contributed by atoms with Crippen molar-refractivity contribution in [3.63, 3.8) is 0 Å². The summed E-state index contributed by atoms with van der Waals surface area (Å²) in [5.74, 6) is 1.55. The Balaban J connectivity index is 1.65. The van der Waals surface area contributed by atoms with Gasteiger partial charge in [0.25, 0.3) is 0 Å². The van der Waals surface area contributed by atoms with Crippen LogP contribution in [0.2, 0.25) is 0 Å². The number of carbonyl (C=O) groups is 2. The van der Waals surface area contributed by atoms with Crippen LogP contribution in [-0.4, -0.2) is 47.4 Å². The summed E-state index contributed by atoms with van der Waals surface area (Å²) >= 11 is 0. The zero-order valence-corrected chi connectivity index (χ0v) is 18.1. The number of unbranched alkanes of at least 4 members (excludes halogenated alkanes) is 1. The average Bonchev–Trinajstić information content (AvgIpc) is 3.51. The molecule has 1 aliphatic carbocycles. The Hall–Kier alpha value is -2.76. The topological polar surface area (TPSA) is 65.8 Å². The molecule has 1 N–H and O–H groups in total. The first kappa shape index (κ1) is 21.9. The van der Waals surface area contributed by atoms with Gasteiger partial charge in [-0.25, -0.2) is 4.79 Å². The number of hydrogen-bond acceptors (Lipinski definition) is 3. The first-order valence-electron chi connectivity index (χ1n) is 11.0. The lowest BCUT2D eigenvalue weighted by atomic mass is 10.1. The summed E-state index contributed by atoms with van der Waals surface area (Å²) in [7, 11) is 0. The van der Waals surface area contributed by atoms with Crippen molar-refractivity contribution in [2.75, 3.05) is 19.6 Å². The molecule has 2 aromatic rings. The monoisotopic (exact) mass is 411 g/mol. The molecule has 1 aromatic heterocycles. The number of carbonyl (C=O) groups excluding carboxylic acids is 2. The van der Waals surface area contributed by atoms with E-state index >= 15 is 0 Å². The fraction of sp³-hybridized carbons (Fsp3) is 0.500. The summed E-state index contributed by atoms with van der Waals surface area (Å²) < 4.78 is 5.71. The second-order valence-electron chi connectivity index (χ2n) is 8.01. The molecule has 0 saturated heterocycles. The molecule has 0 spiro atoms. The van der Waals surface area contributed by atoms with E-state index < -0.39 is 0 Å². The van der Waals surface area contributed by atoms with Crippen LogP contribution in [0.4, 0.5) is 4.79 Å². The molecular weight excluding hydrogens is 378 g/mol. The summed E-state index contributed by atoms with van der Waals surface area (Å²) in [6, 6.07) is 14.0. The third kappa shape index (κ3) is 6.65. The van der Waals surface area contributed by atoms with E-state index in [1.807, 2.05) is 37.3 Å². The van der Waals surface area contributed by atoms with Gasteiger partial charge in [-0.1, -0.05) is 43.7 Å². The van der Waals surface area contributed by atoms with Crippen LogP contribution in [0, 0.1) is 6.92 Å². The number of rotatable bonds is 11. The van der Waals surface area contributed by atoms with Crippen molar-refractivity contribution in [1.29, 1.82) is 0 Å². The number of urea groups is 1. The fourth-order valence-corrected chi connectivity index (χ4v) is 3.43. The van der Waals surface area contributed by atoms with Crippen molar-refractivity contribution in [2.24, 2.45) is 0 Å². The SMILES string of the molecule is CCCCNC(=O)N(CC(=O)N(CCc1ccccc1)Cc1ccc(C)o1)C1CC1. The molecule has 0 atom stereocenters. The molecule has 1 fully saturated rings. The molecule has 0 radical (unpaired) electrons. The van der Waals surface area contributed by atoms with Crippen LogP contribution in [0.1, 0.15) is 49.7 Å². The van der Waals surface area contributed by atoms with Crippen LogP contribution in [0.5, 0.6) is 0 Å². The van der Waals surface area contributed by atoms with Gasteiger partial charge in [-0.2, -0.15) is 0 Å². The molecule has 1 aromatic carbocycles. The highest BCUT2D eigenvalue weighted by Crippen LogP contribution is 2.27. The van der Waals surface area contributed by atoms with Crippen molar-refractivity contribution in [3.05, 3.63) is 59.5 Å². The van der Waals surface area contributed by atoms with Crippen molar-refractivity contribution in [1.82, 2.24) is 15.1 Å². The zero-order chi connectivity index (χ0) is 21.3. The highest BCUT2D eigenvalue weighted by Gasteiger charge is 2.34. The maximum atomic E-state index is 13.2. The second kappa shape index (κ2) is 10.9. The number of amides is 3. The van der Waals surface area contributed by atoms with Gasteiger partial charge in [0.05, 0.1) is 6.54 Å². The van der Waals surface area contributed by atoms with Crippen LogP contribution in [-0.2, 0) is 17.8 Å². The van der Waals surface area contributed by atoms with Gasteiger partial charge >= 0.3 is 6.03 Å². The van der Waals surface area contributed by atoms with Crippen molar-refractivity contribution in [2.45, 2.75) is 58.5 Å². The van der Waals surface area contributed by atoms with E-state index in [2.05, 4.69) is 24.4 Å². The normalized spacial score (nSPS) is 13.1. The maximum Gasteiger partial charge on any atom is 0.318 e. The van der Waals surface area contributed by atoms with E-state index in [0.717, 1.165) is 43.6 Å². The van der Waals surface area contributed by atoms with E-state index in [4.69, 9.17) is 4.42 Å². The van der Waals surface area contributed by atoms with E-state index in [0.29, 0.717) is 19.6 Å². The Labute approximate surface area is 179 Å². The number of hydrogen-bond donors (Lipinski definition) is 1. The molecule has 0 unspecified atom stereocenters. The van der Waals surface area contributed by atoms with Gasteiger partial charge in [0.1, 0.15) is 18.1 Å². The quantitative estimate of drug-likeness (QED) is 0.565. The van der Waals surface area contributed by atoms with E-state index in [1.54, 1.807) is 9.80 Å². The van der Waals surface area contributed by atoms with Crippen LogP contribution < -0.4 is 5.32 Å². The number of furan rings is 1. The predicted molar refractivity (Wildman–Crippen MR) is 117 cm³/mol. The lowest BCUT2D eigenvalue weighted by molar-refractivity contribution is -0.132. The molecule has 3 amide bonds. The molecule has 6 nitrogen and oxygen atoms in total. The van der Waals surface area contributed by atoms with E-state index in [-0.39, 0.29) is 24.5 Å². The van der Waals surface area contributed by atoms with Gasteiger partial charge in [0.2, 0.25) is 5.91 Å². The minimum absolute atomic E-state index is 0.0440. The Kier molecular flexibility index (Phi) is 7.94. The Morgan fingerprint density at radius 3 is 2.53 bits per heavy atom. The summed E-state index contributed by atoms with van der Waals surface area (Å²) in [5.41, 5.74) is 1.18. The van der Waals surface area contributed by atoms with Crippen molar-refractivity contribution in [3.8, 4) is 0 Å². The molecule has 1 aliphatic rings. The lowest BCUT2D eigenvalue weighted by Gasteiger charge is -2.27. The van der Waals surface area contributed by atoms with Gasteiger partial charge in [-0.15, -0.1) is 0 Å². The zero-order valence-electron chi connectivity index (χ0n) is 18.1. The standard InChI is InChI=1S/C24H33N3O3/c1-3-4-15-25-24(29)27(21-11-12-21)18-23(28)26(17-22-13-10-19(2)30-22)16-14-20-8-6-5-7-9-20/h5-10,13,21H,3-4,11-12,14-18H2,1-2H3,(H,25,29). The first-order valence-corrected chi connectivity index (χ1v) is 11.0. The second-order valence-corrected chi connectivity index (χ2v) is 8.01. The molecular formula is C24H33N3O3. The van der Waals surface area contributed by atoms with Gasteiger partial charge in [-0.05, 0) is 50.3 Å². The van der Waals surface area contributed by atoms with Gasteiger partial charge < -0.3 is 19.5 Å². The van der Waals surface area contributed by atoms with Crippen LogP contribution in [0.15, 0.2) is 46.9 Å².